The van der Waals surface area contributed by atoms with Gasteiger partial charge in [-0.3, -0.25) is 0 Å². The van der Waals surface area contributed by atoms with Gasteiger partial charge in [0.05, 0.1) is 12.7 Å². The van der Waals surface area contributed by atoms with Gasteiger partial charge < -0.3 is 4.74 Å². The van der Waals surface area contributed by atoms with Crippen molar-refractivity contribution in [1.29, 1.82) is 0 Å². The van der Waals surface area contributed by atoms with Crippen molar-refractivity contribution >= 4 is 17.6 Å². The average molecular weight is 577 g/mol. The van der Waals surface area contributed by atoms with Crippen LogP contribution in [0.15, 0.2) is 53.7 Å². The first-order valence-corrected chi connectivity index (χ1v) is 12.8. The van der Waals surface area contributed by atoms with E-state index in [0.29, 0.717) is 35.2 Å². The number of halogens is 9. The van der Waals surface area contributed by atoms with E-state index in [1.54, 1.807) is 6.92 Å². The number of thioether (sulfide) groups is 1. The van der Waals surface area contributed by atoms with Gasteiger partial charge in [-0.2, -0.15) is 17.6 Å². The topological polar surface area (TPSA) is 9.23 Å². The molecule has 0 aliphatic carbocycles. The van der Waals surface area contributed by atoms with E-state index in [4.69, 9.17) is 4.74 Å². The zero-order valence-corrected chi connectivity index (χ0v) is 21.1. The van der Waals surface area contributed by atoms with Gasteiger partial charge in [-0.15, -0.1) is 0 Å². The molecule has 0 amide bonds. The van der Waals surface area contributed by atoms with E-state index in [-0.39, 0.29) is 41.7 Å². The monoisotopic (exact) mass is 576 g/mol. The van der Waals surface area contributed by atoms with Crippen molar-refractivity contribution in [3.63, 3.8) is 0 Å². The van der Waals surface area contributed by atoms with Crippen LogP contribution in [-0.2, 0) is 10.9 Å². The largest absolute Gasteiger partial charge is 0.422 e. The molecule has 0 spiro atoms. The van der Waals surface area contributed by atoms with Crippen molar-refractivity contribution < 1.29 is 44.3 Å². The quantitative estimate of drug-likeness (QED) is 0.270. The van der Waals surface area contributed by atoms with Crippen LogP contribution in [0.1, 0.15) is 54.0 Å². The molecule has 3 aromatic carbocycles. The van der Waals surface area contributed by atoms with Crippen molar-refractivity contribution in [3.05, 3.63) is 99.2 Å². The summed E-state index contributed by atoms with van der Waals surface area (Å²) in [4.78, 5) is 0. The smallest absolute Gasteiger partial charge is 0.373 e. The van der Waals surface area contributed by atoms with Crippen molar-refractivity contribution in [1.82, 2.24) is 0 Å². The molecule has 208 valence electrons. The van der Waals surface area contributed by atoms with Crippen molar-refractivity contribution in [3.8, 4) is 11.1 Å². The van der Waals surface area contributed by atoms with Gasteiger partial charge in [-0.05, 0) is 59.6 Å². The second kappa shape index (κ2) is 11.7. The van der Waals surface area contributed by atoms with Crippen LogP contribution in [-0.4, -0.2) is 12.4 Å². The molecule has 0 N–H and O–H groups in total. The molecular formula is C28H21F9OS. The van der Waals surface area contributed by atoms with Crippen molar-refractivity contribution in [2.24, 2.45) is 0 Å². The predicted octanol–water partition coefficient (Wildman–Crippen LogP) is 9.88. The van der Waals surface area contributed by atoms with Crippen LogP contribution in [0, 0.1) is 23.3 Å². The van der Waals surface area contributed by atoms with E-state index in [2.05, 4.69) is 0 Å². The first-order chi connectivity index (χ1) is 18.4. The molecule has 1 saturated heterocycles. The predicted molar refractivity (Wildman–Crippen MR) is 131 cm³/mol. The van der Waals surface area contributed by atoms with E-state index in [1.165, 1.54) is 24.3 Å². The Morgan fingerprint density at radius 1 is 0.846 bits per heavy atom. The van der Waals surface area contributed by atoms with E-state index in [1.807, 2.05) is 0 Å². The van der Waals surface area contributed by atoms with Crippen LogP contribution in [0.5, 0.6) is 0 Å². The molecule has 1 heterocycles. The third-order valence-electron chi connectivity index (χ3n) is 6.40. The van der Waals surface area contributed by atoms with Crippen LogP contribution in [0.4, 0.5) is 39.5 Å². The van der Waals surface area contributed by atoms with Crippen LogP contribution in [0.3, 0.4) is 0 Å². The molecule has 39 heavy (non-hydrogen) atoms. The van der Waals surface area contributed by atoms with E-state index in [9.17, 15) is 30.7 Å². The van der Waals surface area contributed by atoms with E-state index >= 15 is 8.78 Å². The Morgan fingerprint density at radius 3 is 1.92 bits per heavy atom. The fraction of sp³-hybridized carbons (Fsp3) is 0.286. The SMILES string of the molecule is CCS/C(F)=C(\F)c1ccc(-c2cc(F)c(C3CCC(c4cc(F)c(C(F)(F)F)c(F)c4)OC3)c(F)c2)cc1. The first-order valence-electron chi connectivity index (χ1n) is 11.9. The molecule has 2 atom stereocenters. The summed E-state index contributed by atoms with van der Waals surface area (Å²) in [6.07, 6.45) is -5.95. The summed E-state index contributed by atoms with van der Waals surface area (Å²) in [5.74, 6) is -6.71. The lowest BCUT2D eigenvalue weighted by Crippen LogP contribution is -2.22. The molecule has 4 rings (SSSR count). The summed E-state index contributed by atoms with van der Waals surface area (Å²) >= 11 is 0.709. The Hall–Kier alpha value is -2.92. The molecule has 1 nitrogen and oxygen atoms in total. The molecule has 0 aromatic heterocycles. The Morgan fingerprint density at radius 2 is 1.44 bits per heavy atom. The normalized spacial score (nSPS) is 18.7. The molecule has 1 aliphatic rings. The molecule has 2 unspecified atom stereocenters. The van der Waals surface area contributed by atoms with Gasteiger partial charge in [0.2, 0.25) is 0 Å². The number of hydrogen-bond acceptors (Lipinski definition) is 2. The standard InChI is InChI=1S/C28H21F9OS/c1-2-39-27(34)26(33)15-5-3-14(4-6-15)17-9-19(29)24(20(30)10-17)16-7-8-23(38-13-16)18-11-21(31)25(22(32)12-18)28(35,36)37/h3-6,9-12,16,23H,2,7-8,13H2,1H3/b27-26-. The number of ether oxygens (including phenoxy) is 1. The maximum atomic E-state index is 15.0. The Balaban J connectivity index is 1.49. The third kappa shape index (κ3) is 6.30. The van der Waals surface area contributed by atoms with E-state index < -0.39 is 58.0 Å². The fourth-order valence-corrected chi connectivity index (χ4v) is 5.04. The molecule has 0 radical (unpaired) electrons. The summed E-state index contributed by atoms with van der Waals surface area (Å²) in [7, 11) is 0. The molecule has 3 aromatic rings. The molecule has 0 saturated carbocycles. The van der Waals surface area contributed by atoms with Gasteiger partial charge in [0.1, 0.15) is 28.8 Å². The lowest BCUT2D eigenvalue weighted by atomic mass is 9.87. The zero-order chi connectivity index (χ0) is 28.5. The minimum atomic E-state index is -5.20. The van der Waals surface area contributed by atoms with Gasteiger partial charge in [-0.25, -0.2) is 22.0 Å². The molecular weight excluding hydrogens is 555 g/mol. The Labute approximate surface area is 222 Å². The lowest BCUT2D eigenvalue weighted by Gasteiger charge is -2.30. The van der Waals surface area contributed by atoms with Crippen LogP contribution in [0.25, 0.3) is 17.0 Å². The van der Waals surface area contributed by atoms with Crippen molar-refractivity contribution in [2.75, 3.05) is 12.4 Å². The van der Waals surface area contributed by atoms with Gasteiger partial charge in [0.25, 0.3) is 0 Å². The van der Waals surface area contributed by atoms with Crippen LogP contribution in [0.2, 0.25) is 0 Å². The maximum Gasteiger partial charge on any atom is 0.422 e. The van der Waals surface area contributed by atoms with Gasteiger partial charge in [0, 0.05) is 17.0 Å². The fourth-order valence-electron chi connectivity index (χ4n) is 4.55. The highest BCUT2D eigenvalue weighted by atomic mass is 32.2. The number of benzene rings is 3. The second-order valence-corrected chi connectivity index (χ2v) is 10.1. The Bertz CT molecular complexity index is 1330. The summed E-state index contributed by atoms with van der Waals surface area (Å²) in [6.45, 7) is 1.44. The minimum Gasteiger partial charge on any atom is -0.373 e. The highest BCUT2D eigenvalue weighted by Gasteiger charge is 2.39. The third-order valence-corrected chi connectivity index (χ3v) is 7.12. The van der Waals surface area contributed by atoms with Crippen LogP contribution < -0.4 is 0 Å². The van der Waals surface area contributed by atoms with Gasteiger partial charge >= 0.3 is 6.18 Å². The summed E-state index contributed by atoms with van der Waals surface area (Å²) < 4.78 is 130. The lowest BCUT2D eigenvalue weighted by molar-refractivity contribution is -0.142. The first kappa shape index (κ1) is 29.1. The molecule has 0 bridgehead atoms. The number of hydrogen-bond donors (Lipinski definition) is 0. The number of rotatable bonds is 6. The van der Waals surface area contributed by atoms with Crippen molar-refractivity contribution in [2.45, 2.75) is 38.0 Å². The van der Waals surface area contributed by atoms with Gasteiger partial charge in [-0.1, -0.05) is 43.0 Å². The highest BCUT2D eigenvalue weighted by molar-refractivity contribution is 8.03. The molecule has 1 aliphatic heterocycles. The molecule has 11 heteroatoms. The summed E-state index contributed by atoms with van der Waals surface area (Å²) in [5.41, 5.74) is -1.88. The summed E-state index contributed by atoms with van der Waals surface area (Å²) in [5, 5.41) is -0.961. The van der Waals surface area contributed by atoms with Gasteiger partial charge in [0.15, 0.2) is 11.0 Å². The second-order valence-electron chi connectivity index (χ2n) is 8.91. The maximum absolute atomic E-state index is 15.0. The molecule has 1 fully saturated rings. The van der Waals surface area contributed by atoms with Crippen LogP contribution >= 0.6 is 11.8 Å². The number of alkyl halides is 3. The summed E-state index contributed by atoms with van der Waals surface area (Å²) in [6, 6.07) is 8.71. The zero-order valence-electron chi connectivity index (χ0n) is 20.3. The average Bonchev–Trinajstić information content (AvgIpc) is 2.87. The Kier molecular flexibility index (Phi) is 8.70. The minimum absolute atomic E-state index is 0.0171. The van der Waals surface area contributed by atoms with E-state index in [0.717, 1.165) is 12.1 Å². The highest BCUT2D eigenvalue weighted by Crippen LogP contribution is 2.41.